The number of hydrogen-bond acceptors (Lipinski definition) is 0. The summed E-state index contributed by atoms with van der Waals surface area (Å²) in [4.78, 5) is 0. The predicted octanol–water partition coefficient (Wildman–Crippen LogP) is -5.71. The van der Waals surface area contributed by atoms with E-state index in [9.17, 15) is 0 Å². The summed E-state index contributed by atoms with van der Waals surface area (Å²) >= 11 is 0. The van der Waals surface area contributed by atoms with Crippen LogP contribution in [-0.4, -0.2) is 48.3 Å². The van der Waals surface area contributed by atoms with Crippen molar-refractivity contribution in [1.29, 1.82) is 0 Å². The van der Waals surface area contributed by atoms with E-state index in [-0.39, 0.29) is 32.9 Å². The molecule has 0 aliphatic carbocycles. The molecule has 0 aromatic carbocycles. The van der Waals surface area contributed by atoms with Crippen molar-refractivity contribution in [2.24, 2.45) is 0 Å². The average molecular weight is 130 g/mol. The van der Waals surface area contributed by atoms with Crippen LogP contribution in [0.1, 0.15) is 0 Å². The Balaban J connectivity index is -0.000000000333. The van der Waals surface area contributed by atoms with Crippen LogP contribution in [0.2, 0.25) is 0 Å². The lowest BCUT2D eigenvalue weighted by Crippen LogP contribution is -1.38. The molecule has 8 heteroatoms. The van der Waals surface area contributed by atoms with Gasteiger partial charge in [0.1, 0.15) is 0 Å². The molecule has 0 aliphatic rings. The lowest BCUT2D eigenvalue weighted by atomic mass is 9.81. The lowest BCUT2D eigenvalue weighted by Gasteiger charge is -1.00. The summed E-state index contributed by atoms with van der Waals surface area (Å²) in [5, 5.41) is 0. The third kappa shape index (κ3) is 11600. The molecule has 8 heavy (non-hydrogen) atoms. The Hall–Kier alpha value is -0.110. The van der Waals surface area contributed by atoms with E-state index in [1.807, 2.05) is 0 Å². The fourth-order valence-corrected chi connectivity index (χ4v) is 0. The van der Waals surface area contributed by atoms with E-state index in [1.165, 1.54) is 0 Å². The molecule has 0 bridgehead atoms. The third-order valence-electron chi connectivity index (χ3n) is 0. The Morgan fingerprint density at radius 1 is 0.375 bits per heavy atom. The summed E-state index contributed by atoms with van der Waals surface area (Å²) in [5.74, 6) is 0. The molecular weight excluding hydrogens is 118 g/mol. The molecule has 6 nitrogen and oxygen atoms in total. The lowest BCUT2D eigenvalue weighted by molar-refractivity contribution is 0.823. The first-order valence-electron chi connectivity index (χ1n) is 0.333. The molecule has 12 N–H and O–H groups in total. The van der Waals surface area contributed by atoms with E-state index < -0.39 is 0 Å². The molecule has 0 rings (SSSR count). The van der Waals surface area contributed by atoms with Crippen molar-refractivity contribution in [3.8, 4) is 0 Å². The van der Waals surface area contributed by atoms with Crippen molar-refractivity contribution in [3.63, 3.8) is 0 Å². The van der Waals surface area contributed by atoms with Gasteiger partial charge in [-0.2, -0.15) is 0 Å². The molecule has 0 amide bonds. The Kier molecular flexibility index (Phi) is 1170000. The predicted molar refractivity (Wildman–Crippen MR) is 33.2 cm³/mol. The summed E-state index contributed by atoms with van der Waals surface area (Å²) in [7, 11) is 8.00. The molecule has 0 spiro atoms. The second-order valence-electron chi connectivity index (χ2n) is 0. The molecule has 0 saturated heterocycles. The quantitative estimate of drug-likeness (QED) is 0.282. The van der Waals surface area contributed by atoms with E-state index in [0.717, 1.165) is 0 Å². The average Bonchev–Trinajstić information content (AvgIpc) is 1.00. The molecule has 0 atom stereocenters. The van der Waals surface area contributed by atoms with E-state index in [4.69, 9.17) is 0 Å². The second-order valence-corrected chi connectivity index (χ2v) is 0. The maximum absolute atomic E-state index is 4.00. The highest BCUT2D eigenvalue weighted by molar-refractivity contribution is 6.75. The maximum atomic E-state index is 4.00. The van der Waals surface area contributed by atoms with Crippen molar-refractivity contribution in [2.75, 3.05) is 0 Å². The minimum absolute atomic E-state index is 0. The van der Waals surface area contributed by atoms with E-state index in [1.54, 1.807) is 0 Å². The summed E-state index contributed by atoms with van der Waals surface area (Å²) < 4.78 is 0. The smallest absolute Gasteiger partial charge is 0 e. The van der Waals surface area contributed by atoms with Crippen molar-refractivity contribution in [2.45, 2.75) is 0 Å². The van der Waals surface area contributed by atoms with Crippen LogP contribution in [0.4, 0.5) is 0 Å². The second kappa shape index (κ2) is 19700. The zero-order valence-corrected chi connectivity index (χ0v) is 4.15. The summed E-state index contributed by atoms with van der Waals surface area (Å²) in [6, 6.07) is 0. The van der Waals surface area contributed by atoms with Gasteiger partial charge in [0.05, 0.1) is 0 Å². The monoisotopic (exact) mass is 130 g/mol. The Morgan fingerprint density at radius 3 is 0.375 bits per heavy atom. The summed E-state index contributed by atoms with van der Waals surface area (Å²) in [6.07, 6.45) is 0. The SMILES string of the molecule is O.O.O.O.O.O.[B][B]. The van der Waals surface area contributed by atoms with Crippen LogP contribution in [0.5, 0.6) is 0 Å². The Bertz CT molecular complexity index is 6.49. The van der Waals surface area contributed by atoms with E-state index >= 15 is 0 Å². The topological polar surface area (TPSA) is 189 Å². The normalized spacial score (nSPS) is 0.500. The zero-order chi connectivity index (χ0) is 2.00. The molecular formula is H12B2O6. The van der Waals surface area contributed by atoms with Crippen molar-refractivity contribution >= 4 is 15.5 Å². The van der Waals surface area contributed by atoms with Gasteiger partial charge in [-0.05, 0) is 0 Å². The van der Waals surface area contributed by atoms with Gasteiger partial charge in [0, 0.05) is 15.5 Å². The van der Waals surface area contributed by atoms with Gasteiger partial charge in [0.25, 0.3) is 0 Å². The van der Waals surface area contributed by atoms with Gasteiger partial charge >= 0.3 is 0 Å². The van der Waals surface area contributed by atoms with Crippen LogP contribution in [0.3, 0.4) is 0 Å². The highest BCUT2D eigenvalue weighted by atomic mass is 16.0. The molecule has 0 saturated carbocycles. The van der Waals surface area contributed by atoms with Gasteiger partial charge in [-0.15, -0.1) is 0 Å². The van der Waals surface area contributed by atoms with Gasteiger partial charge in [0.15, 0.2) is 0 Å². The van der Waals surface area contributed by atoms with Crippen molar-refractivity contribution in [3.05, 3.63) is 0 Å². The van der Waals surface area contributed by atoms with Gasteiger partial charge in [-0.3, -0.25) is 0 Å². The first-order valence-corrected chi connectivity index (χ1v) is 0.333. The number of hydrogen-bond donors (Lipinski definition) is 0. The van der Waals surface area contributed by atoms with Crippen LogP contribution < -0.4 is 0 Å². The summed E-state index contributed by atoms with van der Waals surface area (Å²) in [5.41, 5.74) is 0. The minimum Gasteiger partial charge on any atom is -0.412 e. The van der Waals surface area contributed by atoms with Crippen molar-refractivity contribution < 1.29 is 32.9 Å². The third-order valence-corrected chi connectivity index (χ3v) is 0. The number of rotatable bonds is 0. The Labute approximate surface area is 49.5 Å². The van der Waals surface area contributed by atoms with Crippen LogP contribution in [0.25, 0.3) is 0 Å². The highest BCUT2D eigenvalue weighted by Crippen LogP contribution is 0.619. The highest BCUT2D eigenvalue weighted by Gasteiger charge is 1.00. The van der Waals surface area contributed by atoms with Gasteiger partial charge in [0.2, 0.25) is 0 Å². The molecule has 4 radical (unpaired) electrons. The molecule has 0 aliphatic heterocycles. The van der Waals surface area contributed by atoms with Crippen LogP contribution in [0, 0.1) is 0 Å². The first kappa shape index (κ1) is 473. The largest absolute Gasteiger partial charge is 0.412 e. The van der Waals surface area contributed by atoms with Gasteiger partial charge in [-0.25, -0.2) is 0 Å². The van der Waals surface area contributed by atoms with Crippen LogP contribution in [-0.2, 0) is 0 Å². The molecule has 0 aromatic heterocycles. The van der Waals surface area contributed by atoms with Gasteiger partial charge in [-0.1, -0.05) is 0 Å². The molecule has 0 fully saturated rings. The Morgan fingerprint density at radius 2 is 0.375 bits per heavy atom. The fraction of sp³-hybridized carbons (Fsp3) is 0. The van der Waals surface area contributed by atoms with Gasteiger partial charge < -0.3 is 32.9 Å². The molecule has 54 valence electrons. The minimum atomic E-state index is 0. The van der Waals surface area contributed by atoms with Crippen LogP contribution in [0.15, 0.2) is 0 Å². The fourth-order valence-electron chi connectivity index (χ4n) is 0. The maximum Gasteiger partial charge on any atom is 0 e. The summed E-state index contributed by atoms with van der Waals surface area (Å²) in [6.45, 7) is 0. The molecule has 0 heterocycles. The molecule has 0 aromatic rings. The first-order chi connectivity index (χ1) is 1.00. The van der Waals surface area contributed by atoms with E-state index in [0.29, 0.717) is 0 Å². The standard InChI is InChI=1S/B2.6H2O/c1-2;;;;;;/h;6*1H2. The van der Waals surface area contributed by atoms with E-state index in [2.05, 4.69) is 15.5 Å². The van der Waals surface area contributed by atoms with Crippen LogP contribution >= 0.6 is 0 Å². The molecule has 0 unspecified atom stereocenters. The zero-order valence-electron chi connectivity index (χ0n) is 4.15. The van der Waals surface area contributed by atoms with Crippen molar-refractivity contribution in [1.82, 2.24) is 0 Å².